The van der Waals surface area contributed by atoms with Crippen LogP contribution < -0.4 is 16.4 Å². The summed E-state index contributed by atoms with van der Waals surface area (Å²) in [6.45, 7) is 0.774. The molecule has 2 heterocycles. The van der Waals surface area contributed by atoms with E-state index in [1.54, 1.807) is 0 Å². The molecular formula is C9H18ClN3OS. The SMILES string of the molecule is Cl.NCCCC[C@@H]1SC[C@@H]2NC(=O)N[C@@H]21. The number of hydrogen-bond donors (Lipinski definition) is 3. The topological polar surface area (TPSA) is 67.1 Å². The molecule has 0 aromatic rings. The average molecular weight is 252 g/mol. The lowest BCUT2D eigenvalue weighted by Crippen LogP contribution is -2.36. The first-order valence-corrected chi connectivity index (χ1v) is 6.25. The van der Waals surface area contributed by atoms with E-state index in [1.807, 2.05) is 11.8 Å². The van der Waals surface area contributed by atoms with Gasteiger partial charge in [-0.25, -0.2) is 4.79 Å². The van der Waals surface area contributed by atoms with E-state index >= 15 is 0 Å². The Balaban J connectivity index is 0.00000112. The number of fused-ring (bicyclic) bond motifs is 1. The van der Waals surface area contributed by atoms with Gasteiger partial charge in [-0.15, -0.1) is 12.4 Å². The molecule has 2 fully saturated rings. The molecule has 2 rings (SSSR count). The van der Waals surface area contributed by atoms with Gasteiger partial charge in [0, 0.05) is 11.0 Å². The molecule has 0 aliphatic carbocycles. The van der Waals surface area contributed by atoms with Crippen molar-refractivity contribution in [3.8, 4) is 0 Å². The van der Waals surface area contributed by atoms with Gasteiger partial charge in [0.15, 0.2) is 0 Å². The van der Waals surface area contributed by atoms with Gasteiger partial charge in [-0.05, 0) is 19.4 Å². The van der Waals surface area contributed by atoms with Gasteiger partial charge in [0.1, 0.15) is 0 Å². The summed E-state index contributed by atoms with van der Waals surface area (Å²) >= 11 is 1.97. The highest BCUT2D eigenvalue weighted by atomic mass is 35.5. The summed E-state index contributed by atoms with van der Waals surface area (Å²) in [4.78, 5) is 11.1. The van der Waals surface area contributed by atoms with E-state index in [1.165, 1.54) is 12.8 Å². The number of unbranched alkanes of at least 4 members (excludes halogenated alkanes) is 1. The molecule has 3 atom stereocenters. The van der Waals surface area contributed by atoms with E-state index in [-0.39, 0.29) is 18.4 Å². The van der Waals surface area contributed by atoms with Gasteiger partial charge in [0.25, 0.3) is 0 Å². The number of halogens is 1. The Morgan fingerprint density at radius 2 is 2.20 bits per heavy atom. The Bertz CT molecular complexity index is 229. The van der Waals surface area contributed by atoms with E-state index in [0.717, 1.165) is 18.7 Å². The minimum absolute atomic E-state index is 0. The maximum atomic E-state index is 11.1. The summed E-state index contributed by atoms with van der Waals surface area (Å²) in [6, 6.07) is 0.713. The van der Waals surface area contributed by atoms with Gasteiger partial charge >= 0.3 is 6.03 Å². The molecule has 0 radical (unpaired) electrons. The Hall–Kier alpha value is -0.130. The first kappa shape index (κ1) is 12.9. The molecule has 6 heteroatoms. The van der Waals surface area contributed by atoms with Crippen LogP contribution in [-0.2, 0) is 0 Å². The Morgan fingerprint density at radius 3 is 2.93 bits per heavy atom. The predicted molar refractivity (Wildman–Crippen MR) is 65.6 cm³/mol. The molecule has 0 unspecified atom stereocenters. The summed E-state index contributed by atoms with van der Waals surface area (Å²) in [5.74, 6) is 1.05. The van der Waals surface area contributed by atoms with Crippen LogP contribution in [-0.4, -0.2) is 35.7 Å². The van der Waals surface area contributed by atoms with Gasteiger partial charge in [-0.1, -0.05) is 6.42 Å². The third-order valence-corrected chi connectivity index (χ3v) is 4.39. The van der Waals surface area contributed by atoms with Crippen molar-refractivity contribution in [1.82, 2.24) is 10.6 Å². The van der Waals surface area contributed by atoms with Crippen LogP contribution in [0.1, 0.15) is 19.3 Å². The maximum Gasteiger partial charge on any atom is 0.315 e. The fourth-order valence-corrected chi connectivity index (χ4v) is 3.68. The number of thioether (sulfide) groups is 1. The summed E-state index contributed by atoms with van der Waals surface area (Å²) in [6.07, 6.45) is 3.44. The molecule has 15 heavy (non-hydrogen) atoms. The van der Waals surface area contributed by atoms with E-state index < -0.39 is 0 Å². The molecule has 2 aliphatic rings. The molecule has 4 nitrogen and oxygen atoms in total. The highest BCUT2D eigenvalue weighted by Gasteiger charge is 2.42. The molecule has 4 N–H and O–H groups in total. The molecule has 2 saturated heterocycles. The van der Waals surface area contributed by atoms with Crippen molar-refractivity contribution in [2.45, 2.75) is 36.6 Å². The second-order valence-electron chi connectivity index (χ2n) is 3.91. The van der Waals surface area contributed by atoms with E-state index in [2.05, 4.69) is 10.6 Å². The lowest BCUT2D eigenvalue weighted by molar-refractivity contribution is 0.247. The molecular weight excluding hydrogens is 234 g/mol. The fourth-order valence-electron chi connectivity index (χ4n) is 2.13. The molecule has 0 saturated carbocycles. The maximum absolute atomic E-state index is 11.1. The highest BCUT2D eigenvalue weighted by Crippen LogP contribution is 2.32. The second kappa shape index (κ2) is 5.82. The van der Waals surface area contributed by atoms with E-state index in [9.17, 15) is 4.79 Å². The number of hydrogen-bond acceptors (Lipinski definition) is 3. The number of urea groups is 1. The molecule has 2 amide bonds. The third-order valence-electron chi connectivity index (χ3n) is 2.88. The molecule has 0 spiro atoms. The molecule has 88 valence electrons. The van der Waals surface area contributed by atoms with Crippen molar-refractivity contribution in [2.75, 3.05) is 12.3 Å². The standard InChI is InChI=1S/C9H17N3OS.ClH/c10-4-2-1-3-7-8-6(5-14-7)11-9(13)12-8;/h6-8H,1-5,10H2,(H2,11,12,13);1H/t6-,7-,8-;/m0./s1. The Labute approximate surface area is 101 Å². The number of carbonyl (C=O) groups excluding carboxylic acids is 1. The predicted octanol–water partition coefficient (Wildman–Crippen LogP) is 0.703. The van der Waals surface area contributed by atoms with Gasteiger partial charge in [0.05, 0.1) is 12.1 Å². The smallest absolute Gasteiger partial charge is 0.315 e. The van der Waals surface area contributed by atoms with Crippen LogP contribution in [0.2, 0.25) is 0 Å². The molecule has 0 aromatic heterocycles. The van der Waals surface area contributed by atoms with Crippen LogP contribution in [0.3, 0.4) is 0 Å². The second-order valence-corrected chi connectivity index (χ2v) is 5.18. The van der Waals surface area contributed by atoms with Crippen LogP contribution >= 0.6 is 24.2 Å². The van der Waals surface area contributed by atoms with Crippen LogP contribution in [0.15, 0.2) is 0 Å². The first-order chi connectivity index (χ1) is 6.81. The number of rotatable bonds is 4. The summed E-state index contributed by atoms with van der Waals surface area (Å²) < 4.78 is 0. The monoisotopic (exact) mass is 251 g/mol. The van der Waals surface area contributed by atoms with Gasteiger partial charge in [-0.2, -0.15) is 11.8 Å². The van der Waals surface area contributed by atoms with Crippen LogP contribution in [0, 0.1) is 0 Å². The largest absolute Gasteiger partial charge is 0.332 e. The van der Waals surface area contributed by atoms with Gasteiger partial charge < -0.3 is 16.4 Å². The lowest BCUT2D eigenvalue weighted by atomic mass is 10.0. The molecule has 0 aromatic carbocycles. The lowest BCUT2D eigenvalue weighted by Gasteiger charge is -2.16. The van der Waals surface area contributed by atoms with Crippen molar-refractivity contribution < 1.29 is 4.79 Å². The van der Waals surface area contributed by atoms with Crippen molar-refractivity contribution in [2.24, 2.45) is 5.73 Å². The van der Waals surface area contributed by atoms with Crippen molar-refractivity contribution in [3.05, 3.63) is 0 Å². The molecule has 2 aliphatic heterocycles. The van der Waals surface area contributed by atoms with E-state index in [0.29, 0.717) is 17.3 Å². The first-order valence-electron chi connectivity index (χ1n) is 5.20. The summed E-state index contributed by atoms with van der Waals surface area (Å²) in [7, 11) is 0. The van der Waals surface area contributed by atoms with Crippen molar-refractivity contribution in [3.63, 3.8) is 0 Å². The number of amides is 2. The number of nitrogens with two attached hydrogens (primary N) is 1. The Kier molecular flexibility index (Phi) is 5.02. The zero-order valence-corrected chi connectivity index (χ0v) is 10.2. The zero-order valence-electron chi connectivity index (χ0n) is 8.57. The minimum Gasteiger partial charge on any atom is -0.332 e. The van der Waals surface area contributed by atoms with E-state index in [4.69, 9.17) is 5.73 Å². The zero-order chi connectivity index (χ0) is 9.97. The summed E-state index contributed by atoms with van der Waals surface area (Å²) in [5.41, 5.74) is 5.45. The minimum atomic E-state index is 0. The van der Waals surface area contributed by atoms with Gasteiger partial charge in [0.2, 0.25) is 0 Å². The van der Waals surface area contributed by atoms with Crippen molar-refractivity contribution in [1.29, 1.82) is 0 Å². The van der Waals surface area contributed by atoms with Crippen LogP contribution in [0.25, 0.3) is 0 Å². The fraction of sp³-hybridized carbons (Fsp3) is 0.889. The average Bonchev–Trinajstić information content (AvgIpc) is 2.66. The number of carbonyl (C=O) groups is 1. The van der Waals surface area contributed by atoms with Crippen molar-refractivity contribution >= 4 is 30.2 Å². The third kappa shape index (κ3) is 2.92. The quantitative estimate of drug-likeness (QED) is 0.509. The summed E-state index contributed by atoms with van der Waals surface area (Å²) in [5, 5.41) is 6.52. The normalized spacial score (nSPS) is 32.9. The van der Waals surface area contributed by atoms with Crippen LogP contribution in [0.4, 0.5) is 4.79 Å². The molecule has 0 bridgehead atoms. The highest BCUT2D eigenvalue weighted by molar-refractivity contribution is 8.00. The van der Waals surface area contributed by atoms with Gasteiger partial charge in [-0.3, -0.25) is 0 Å². The Morgan fingerprint density at radius 1 is 1.40 bits per heavy atom. The number of nitrogens with one attached hydrogen (secondary N) is 2. The van der Waals surface area contributed by atoms with Crippen LogP contribution in [0.5, 0.6) is 0 Å².